The number of unbranched alkanes of at least 4 members (excludes halogenated alkanes) is 6. The third-order valence-corrected chi connectivity index (χ3v) is 3.62. The quantitative estimate of drug-likeness (QED) is 0.636. The zero-order chi connectivity index (χ0) is 15.7. The lowest BCUT2D eigenvalue weighted by molar-refractivity contribution is 0.0995. The van der Waals surface area contributed by atoms with Crippen LogP contribution in [-0.2, 0) is 0 Å². The van der Waals surface area contributed by atoms with E-state index in [2.05, 4.69) is 6.92 Å². The Labute approximate surface area is 130 Å². The van der Waals surface area contributed by atoms with Crippen molar-refractivity contribution >= 4 is 17.5 Å². The Kier molecular flexibility index (Phi) is 8.13. The van der Waals surface area contributed by atoms with Gasteiger partial charge in [-0.2, -0.15) is 0 Å². The Hall–Kier alpha value is -1.29. The van der Waals surface area contributed by atoms with E-state index >= 15 is 0 Å². The van der Waals surface area contributed by atoms with Crippen molar-refractivity contribution in [2.24, 2.45) is 5.73 Å². The van der Waals surface area contributed by atoms with Crippen LogP contribution in [0.15, 0.2) is 12.1 Å². The van der Waals surface area contributed by atoms with Gasteiger partial charge in [0.2, 0.25) is 0 Å². The molecule has 0 bridgehead atoms. The van der Waals surface area contributed by atoms with Gasteiger partial charge in [0.25, 0.3) is 5.91 Å². The maximum absolute atomic E-state index is 14.0. The van der Waals surface area contributed by atoms with Gasteiger partial charge in [0.1, 0.15) is 0 Å². The highest BCUT2D eigenvalue weighted by Gasteiger charge is 2.17. The number of carbonyl (C=O) groups is 1. The summed E-state index contributed by atoms with van der Waals surface area (Å²) in [6.07, 6.45) is 8.10. The van der Waals surface area contributed by atoms with Crippen LogP contribution in [0.2, 0.25) is 5.02 Å². The van der Waals surface area contributed by atoms with E-state index in [1.165, 1.54) is 44.2 Å². The smallest absolute Gasteiger partial charge is 0.253 e. The monoisotopic (exact) mass is 315 g/mol. The van der Waals surface area contributed by atoms with Crippen molar-refractivity contribution in [2.45, 2.75) is 51.9 Å². The Morgan fingerprint density at radius 1 is 1.19 bits per heavy atom. The van der Waals surface area contributed by atoms with Crippen LogP contribution in [0.5, 0.6) is 5.75 Å². The normalized spacial score (nSPS) is 10.6. The predicted octanol–water partition coefficient (Wildman–Crippen LogP) is 4.71. The highest BCUT2D eigenvalue weighted by Crippen LogP contribution is 2.27. The minimum atomic E-state index is -0.890. The highest BCUT2D eigenvalue weighted by atomic mass is 35.5. The first kappa shape index (κ1) is 17.8. The van der Waals surface area contributed by atoms with E-state index in [1.54, 1.807) is 0 Å². The molecule has 1 aromatic carbocycles. The molecule has 0 aliphatic rings. The standard InChI is InChI=1S/C16H23ClFNO2/c1-2-3-4-5-6-7-8-11-21-13-10-9-12(17)14(15(13)18)16(19)20/h9-10H,2-8,11H2,1H3,(H2,19,20). The van der Waals surface area contributed by atoms with E-state index in [4.69, 9.17) is 22.1 Å². The van der Waals surface area contributed by atoms with Crippen LogP contribution in [0.3, 0.4) is 0 Å². The molecule has 1 amide bonds. The van der Waals surface area contributed by atoms with Crippen molar-refractivity contribution < 1.29 is 13.9 Å². The van der Waals surface area contributed by atoms with E-state index in [-0.39, 0.29) is 16.3 Å². The minimum absolute atomic E-state index is 0.00303. The molecule has 0 heterocycles. The van der Waals surface area contributed by atoms with Crippen LogP contribution >= 0.6 is 11.6 Å². The van der Waals surface area contributed by atoms with Crippen LogP contribution in [-0.4, -0.2) is 12.5 Å². The molecule has 2 N–H and O–H groups in total. The molecule has 0 aliphatic heterocycles. The third kappa shape index (κ3) is 5.92. The lowest BCUT2D eigenvalue weighted by Gasteiger charge is -2.10. The molecule has 3 nitrogen and oxygen atoms in total. The maximum atomic E-state index is 14.0. The van der Waals surface area contributed by atoms with Gasteiger partial charge >= 0.3 is 0 Å². The number of halogens is 2. The van der Waals surface area contributed by atoms with Crippen LogP contribution in [0, 0.1) is 5.82 Å². The van der Waals surface area contributed by atoms with E-state index in [1.807, 2.05) is 0 Å². The number of hydrogen-bond donors (Lipinski definition) is 1. The van der Waals surface area contributed by atoms with Gasteiger partial charge in [0, 0.05) is 0 Å². The summed E-state index contributed by atoms with van der Waals surface area (Å²) in [5, 5.41) is 0.00303. The second-order valence-corrected chi connectivity index (χ2v) is 5.48. The van der Waals surface area contributed by atoms with Crippen LogP contribution < -0.4 is 10.5 Å². The molecular formula is C16H23ClFNO2. The maximum Gasteiger partial charge on any atom is 0.253 e. The Balaban J connectivity index is 2.36. The van der Waals surface area contributed by atoms with E-state index in [0.29, 0.717) is 6.61 Å². The Morgan fingerprint density at radius 2 is 1.81 bits per heavy atom. The number of rotatable bonds is 10. The second kappa shape index (κ2) is 9.61. The fraction of sp³-hybridized carbons (Fsp3) is 0.562. The van der Waals surface area contributed by atoms with E-state index in [9.17, 15) is 9.18 Å². The molecule has 1 rings (SSSR count). The zero-order valence-corrected chi connectivity index (χ0v) is 13.2. The van der Waals surface area contributed by atoms with Crippen molar-refractivity contribution in [3.63, 3.8) is 0 Å². The number of carbonyl (C=O) groups excluding carboxylic acids is 1. The average molecular weight is 316 g/mol. The largest absolute Gasteiger partial charge is 0.490 e. The number of primary amides is 1. The summed E-state index contributed by atoms with van der Waals surface area (Å²) in [6, 6.07) is 2.84. The highest BCUT2D eigenvalue weighted by molar-refractivity contribution is 6.33. The Morgan fingerprint density at radius 3 is 2.43 bits per heavy atom. The number of benzene rings is 1. The van der Waals surface area contributed by atoms with E-state index in [0.717, 1.165) is 12.8 Å². The summed E-state index contributed by atoms with van der Waals surface area (Å²) in [6.45, 7) is 2.61. The number of ether oxygens (including phenoxy) is 1. The van der Waals surface area contributed by atoms with Gasteiger partial charge in [0.15, 0.2) is 11.6 Å². The van der Waals surface area contributed by atoms with Gasteiger partial charge in [0.05, 0.1) is 17.2 Å². The fourth-order valence-corrected chi connectivity index (χ4v) is 2.35. The van der Waals surface area contributed by atoms with Crippen molar-refractivity contribution in [2.75, 3.05) is 6.61 Å². The zero-order valence-electron chi connectivity index (χ0n) is 12.5. The molecule has 118 valence electrons. The molecule has 0 aliphatic carbocycles. The molecule has 1 aromatic rings. The molecule has 5 heteroatoms. The lowest BCUT2D eigenvalue weighted by atomic mass is 10.1. The molecular weight excluding hydrogens is 293 g/mol. The van der Waals surface area contributed by atoms with Gasteiger partial charge in [-0.15, -0.1) is 0 Å². The first-order valence-electron chi connectivity index (χ1n) is 7.48. The van der Waals surface area contributed by atoms with Crippen molar-refractivity contribution in [1.82, 2.24) is 0 Å². The molecule has 0 saturated heterocycles. The van der Waals surface area contributed by atoms with Crippen LogP contribution in [0.4, 0.5) is 4.39 Å². The second-order valence-electron chi connectivity index (χ2n) is 5.07. The summed E-state index contributed by atoms with van der Waals surface area (Å²) < 4.78 is 19.4. The van der Waals surface area contributed by atoms with Crippen molar-refractivity contribution in [3.8, 4) is 5.75 Å². The van der Waals surface area contributed by atoms with Gasteiger partial charge in [-0.25, -0.2) is 4.39 Å². The summed E-state index contributed by atoms with van der Waals surface area (Å²) in [4.78, 5) is 11.1. The first-order chi connectivity index (χ1) is 10.1. The molecule has 0 fully saturated rings. The fourth-order valence-electron chi connectivity index (χ4n) is 2.11. The summed E-state index contributed by atoms with van der Waals surface area (Å²) in [5.74, 6) is -1.64. The number of nitrogens with two attached hydrogens (primary N) is 1. The molecule has 21 heavy (non-hydrogen) atoms. The summed E-state index contributed by atoms with van der Waals surface area (Å²) in [7, 11) is 0. The van der Waals surface area contributed by atoms with Crippen molar-refractivity contribution in [1.29, 1.82) is 0 Å². The van der Waals surface area contributed by atoms with Crippen LogP contribution in [0.25, 0.3) is 0 Å². The molecule has 0 atom stereocenters. The predicted molar refractivity (Wildman–Crippen MR) is 83.4 cm³/mol. The molecule has 0 saturated carbocycles. The van der Waals surface area contributed by atoms with Crippen molar-refractivity contribution in [3.05, 3.63) is 28.5 Å². The van der Waals surface area contributed by atoms with Gasteiger partial charge in [-0.3, -0.25) is 4.79 Å². The number of hydrogen-bond acceptors (Lipinski definition) is 2. The average Bonchev–Trinajstić information content (AvgIpc) is 2.43. The summed E-state index contributed by atoms with van der Waals surface area (Å²) >= 11 is 5.74. The first-order valence-corrected chi connectivity index (χ1v) is 7.86. The SMILES string of the molecule is CCCCCCCCCOc1ccc(Cl)c(C(N)=O)c1F. The molecule has 0 spiro atoms. The molecule has 0 radical (unpaired) electrons. The molecule has 0 aromatic heterocycles. The van der Waals surface area contributed by atoms with Gasteiger partial charge < -0.3 is 10.5 Å². The number of amides is 1. The molecule has 0 unspecified atom stereocenters. The Bertz CT molecular complexity index is 466. The minimum Gasteiger partial charge on any atom is -0.490 e. The third-order valence-electron chi connectivity index (χ3n) is 3.31. The van der Waals surface area contributed by atoms with E-state index < -0.39 is 11.7 Å². The topological polar surface area (TPSA) is 52.3 Å². The summed E-state index contributed by atoms with van der Waals surface area (Å²) in [5.41, 5.74) is 4.79. The van der Waals surface area contributed by atoms with Gasteiger partial charge in [-0.1, -0.05) is 57.0 Å². The van der Waals surface area contributed by atoms with Crippen LogP contribution in [0.1, 0.15) is 62.2 Å². The lowest BCUT2D eigenvalue weighted by Crippen LogP contribution is -2.15. The van der Waals surface area contributed by atoms with Gasteiger partial charge in [-0.05, 0) is 18.6 Å².